The Hall–Kier alpha value is -4.41. The number of para-hydroxylation sites is 1. The Morgan fingerprint density at radius 1 is 1.05 bits per heavy atom. The van der Waals surface area contributed by atoms with Gasteiger partial charge in [-0.05, 0) is 59.2 Å². The van der Waals surface area contributed by atoms with Crippen LogP contribution < -0.4 is 21.5 Å². The lowest BCUT2D eigenvalue weighted by molar-refractivity contribution is 0.256. The highest BCUT2D eigenvalue weighted by Gasteiger charge is 2.27. The number of benzene rings is 2. The molecule has 0 radical (unpaired) electrons. The number of amides is 2. The van der Waals surface area contributed by atoms with E-state index in [1.807, 2.05) is 42.5 Å². The Balaban J connectivity index is 1.95. The van der Waals surface area contributed by atoms with Gasteiger partial charge in [0.25, 0.3) is 5.56 Å². The number of H-pyrrole nitrogens is 1. The van der Waals surface area contributed by atoms with E-state index in [0.717, 1.165) is 46.2 Å². The molecule has 0 saturated heterocycles. The highest BCUT2D eigenvalue weighted by molar-refractivity contribution is 6.09. The standard InChI is InChI=1S/C34H39N5O2/c1-6-7-20-39(34(41)37-30-26(22(2)3)15-9-16-27(30)23(4)5)31-29(25-14-8-12-24(21-25)13-10-18-35)28-17-11-19-36-32(28)38-33(31)40/h8-9,11-12,14-17,19,21-23H,6-7,18,20,35H2,1-5H3,(H,37,41)(H,36,38,40). The number of fused-ring (bicyclic) bond motifs is 1. The van der Waals surface area contributed by atoms with E-state index in [2.05, 4.69) is 73.9 Å². The largest absolute Gasteiger partial charge is 0.326 e. The first-order valence-corrected chi connectivity index (χ1v) is 14.3. The summed E-state index contributed by atoms with van der Waals surface area (Å²) in [7, 11) is 0. The summed E-state index contributed by atoms with van der Waals surface area (Å²) >= 11 is 0. The highest BCUT2D eigenvalue weighted by atomic mass is 16.2. The molecule has 2 amide bonds. The molecule has 0 aliphatic carbocycles. The van der Waals surface area contributed by atoms with E-state index in [9.17, 15) is 9.59 Å². The Labute approximate surface area is 242 Å². The lowest BCUT2D eigenvalue weighted by atomic mass is 9.92. The first kappa shape index (κ1) is 29.6. The van der Waals surface area contributed by atoms with Gasteiger partial charge in [0.05, 0.1) is 6.54 Å². The van der Waals surface area contributed by atoms with Crippen molar-refractivity contribution in [1.29, 1.82) is 0 Å². The van der Waals surface area contributed by atoms with Gasteiger partial charge < -0.3 is 16.0 Å². The molecule has 7 heteroatoms. The predicted molar refractivity (Wildman–Crippen MR) is 170 cm³/mol. The van der Waals surface area contributed by atoms with E-state index in [1.165, 1.54) is 0 Å². The van der Waals surface area contributed by atoms with Crippen molar-refractivity contribution in [2.24, 2.45) is 5.73 Å². The molecule has 4 rings (SSSR count). The van der Waals surface area contributed by atoms with Crippen LogP contribution in [0.1, 0.15) is 76.0 Å². The lowest BCUT2D eigenvalue weighted by Crippen LogP contribution is -2.40. The summed E-state index contributed by atoms with van der Waals surface area (Å²) in [5.74, 6) is 6.38. The van der Waals surface area contributed by atoms with Crippen LogP contribution in [0.25, 0.3) is 22.2 Å². The number of nitrogens with zero attached hydrogens (tertiary/aromatic N) is 2. The molecule has 2 aromatic heterocycles. The minimum Gasteiger partial charge on any atom is -0.320 e. The van der Waals surface area contributed by atoms with Gasteiger partial charge in [-0.2, -0.15) is 0 Å². The summed E-state index contributed by atoms with van der Waals surface area (Å²) in [5, 5.41) is 3.97. The molecular formula is C34H39N5O2. The van der Waals surface area contributed by atoms with Crippen LogP contribution in [0.2, 0.25) is 0 Å². The molecule has 4 N–H and O–H groups in total. The Bertz CT molecular complexity index is 1630. The molecule has 2 heterocycles. The number of hydrogen-bond acceptors (Lipinski definition) is 4. The highest BCUT2D eigenvalue weighted by Crippen LogP contribution is 2.36. The third-order valence-electron chi connectivity index (χ3n) is 7.10. The fraction of sp³-hybridized carbons (Fsp3) is 0.324. The summed E-state index contributed by atoms with van der Waals surface area (Å²) in [6.07, 6.45) is 3.22. The topological polar surface area (TPSA) is 104 Å². The molecule has 0 spiro atoms. The Morgan fingerprint density at radius 2 is 1.76 bits per heavy atom. The predicted octanol–water partition coefficient (Wildman–Crippen LogP) is 6.99. The fourth-order valence-electron chi connectivity index (χ4n) is 5.07. The molecule has 2 aromatic carbocycles. The van der Waals surface area contributed by atoms with Crippen LogP contribution in [0.3, 0.4) is 0 Å². The van der Waals surface area contributed by atoms with Gasteiger partial charge in [0.1, 0.15) is 11.3 Å². The van der Waals surface area contributed by atoms with E-state index in [0.29, 0.717) is 17.8 Å². The summed E-state index contributed by atoms with van der Waals surface area (Å²) in [4.78, 5) is 37.0. The van der Waals surface area contributed by atoms with Crippen LogP contribution in [-0.2, 0) is 0 Å². The van der Waals surface area contributed by atoms with Crippen LogP contribution >= 0.6 is 0 Å². The smallest absolute Gasteiger partial charge is 0.320 e. The maximum Gasteiger partial charge on any atom is 0.326 e. The Kier molecular flexibility index (Phi) is 9.59. The molecule has 4 aromatic rings. The second kappa shape index (κ2) is 13.3. The Morgan fingerprint density at radius 3 is 2.41 bits per heavy atom. The first-order chi connectivity index (χ1) is 19.8. The van der Waals surface area contributed by atoms with E-state index in [4.69, 9.17) is 5.73 Å². The molecule has 0 atom stereocenters. The summed E-state index contributed by atoms with van der Waals surface area (Å²) in [5.41, 5.74) is 11.1. The second-order valence-electron chi connectivity index (χ2n) is 10.7. The van der Waals surface area contributed by atoms with Gasteiger partial charge >= 0.3 is 6.03 Å². The van der Waals surface area contributed by atoms with Crippen LogP contribution in [0, 0.1) is 11.8 Å². The first-order valence-electron chi connectivity index (χ1n) is 14.3. The third kappa shape index (κ3) is 6.50. The zero-order valence-electron chi connectivity index (χ0n) is 24.5. The zero-order chi connectivity index (χ0) is 29.5. The van der Waals surface area contributed by atoms with Crippen molar-refractivity contribution in [3.8, 4) is 23.0 Å². The molecule has 41 heavy (non-hydrogen) atoms. The van der Waals surface area contributed by atoms with Gasteiger partial charge in [0.15, 0.2) is 0 Å². The fourth-order valence-corrected chi connectivity index (χ4v) is 5.07. The molecule has 0 fully saturated rings. The van der Waals surface area contributed by atoms with Gasteiger partial charge in [-0.1, -0.05) is 83.2 Å². The molecule has 7 nitrogen and oxygen atoms in total. The van der Waals surface area contributed by atoms with Crippen LogP contribution in [0.5, 0.6) is 0 Å². The number of nitrogens with one attached hydrogen (secondary N) is 2. The van der Waals surface area contributed by atoms with Crippen LogP contribution in [0.15, 0.2) is 65.6 Å². The van der Waals surface area contributed by atoms with E-state index in [1.54, 1.807) is 11.1 Å². The molecule has 212 valence electrons. The van der Waals surface area contributed by atoms with E-state index in [-0.39, 0.29) is 35.7 Å². The SMILES string of the molecule is CCCCN(C(=O)Nc1c(C(C)C)cccc1C(C)C)c1c(-c2cccc(C#CCN)c2)c2cccnc2[nH]c1=O. The van der Waals surface area contributed by atoms with Crippen molar-refractivity contribution < 1.29 is 4.79 Å². The number of rotatable bonds is 8. The van der Waals surface area contributed by atoms with Gasteiger partial charge in [0.2, 0.25) is 0 Å². The lowest BCUT2D eigenvalue weighted by Gasteiger charge is -2.27. The minimum absolute atomic E-state index is 0.205. The van der Waals surface area contributed by atoms with Gasteiger partial charge in [0, 0.05) is 34.9 Å². The molecule has 0 aliphatic rings. The van der Waals surface area contributed by atoms with Crippen molar-refractivity contribution in [3.05, 3.63) is 87.8 Å². The second-order valence-corrected chi connectivity index (χ2v) is 10.7. The zero-order valence-corrected chi connectivity index (χ0v) is 24.5. The third-order valence-corrected chi connectivity index (χ3v) is 7.10. The number of aromatic nitrogens is 2. The van der Waals surface area contributed by atoms with Crippen molar-refractivity contribution in [1.82, 2.24) is 9.97 Å². The normalized spacial score (nSPS) is 11.0. The molecule has 0 aliphatic heterocycles. The minimum atomic E-state index is -0.378. The average Bonchev–Trinajstić information content (AvgIpc) is 2.96. The molecular weight excluding hydrogens is 510 g/mol. The quantitative estimate of drug-likeness (QED) is 0.206. The van der Waals surface area contributed by atoms with E-state index < -0.39 is 0 Å². The van der Waals surface area contributed by atoms with Crippen molar-refractivity contribution in [2.75, 3.05) is 23.3 Å². The van der Waals surface area contributed by atoms with Crippen molar-refractivity contribution in [2.45, 2.75) is 59.3 Å². The molecule has 0 unspecified atom stereocenters. The number of aromatic amines is 1. The average molecular weight is 550 g/mol. The van der Waals surface area contributed by atoms with Crippen LogP contribution in [-0.4, -0.2) is 29.1 Å². The number of nitrogens with two attached hydrogens (primary N) is 1. The number of anilines is 2. The number of carbonyl (C=O) groups is 1. The number of pyridine rings is 2. The number of carbonyl (C=O) groups excluding carboxylic acids is 1. The van der Waals surface area contributed by atoms with E-state index >= 15 is 0 Å². The molecule has 0 bridgehead atoms. The summed E-state index contributed by atoms with van der Waals surface area (Å²) in [6, 6.07) is 17.2. The van der Waals surface area contributed by atoms with Crippen molar-refractivity contribution >= 4 is 28.4 Å². The van der Waals surface area contributed by atoms with Crippen LogP contribution in [0.4, 0.5) is 16.2 Å². The van der Waals surface area contributed by atoms with Gasteiger partial charge in [-0.3, -0.25) is 9.69 Å². The number of hydrogen-bond donors (Lipinski definition) is 3. The van der Waals surface area contributed by atoms with Gasteiger partial charge in [-0.15, -0.1) is 0 Å². The monoisotopic (exact) mass is 549 g/mol. The number of unbranched alkanes of at least 4 members (excludes halogenated alkanes) is 1. The number of urea groups is 1. The summed E-state index contributed by atoms with van der Waals surface area (Å²) < 4.78 is 0. The maximum absolute atomic E-state index is 14.3. The van der Waals surface area contributed by atoms with Crippen molar-refractivity contribution in [3.63, 3.8) is 0 Å². The van der Waals surface area contributed by atoms with Gasteiger partial charge in [-0.25, -0.2) is 9.78 Å². The molecule has 0 saturated carbocycles. The maximum atomic E-state index is 14.3. The summed E-state index contributed by atoms with van der Waals surface area (Å²) in [6.45, 7) is 11.1.